The zero-order valence-corrected chi connectivity index (χ0v) is 17.7. The maximum absolute atomic E-state index is 12.7. The van der Waals surface area contributed by atoms with E-state index in [1.54, 1.807) is 0 Å². The molecule has 1 aliphatic carbocycles. The van der Waals surface area contributed by atoms with E-state index in [0.717, 1.165) is 48.8 Å². The Labute approximate surface area is 174 Å². The Morgan fingerprint density at radius 1 is 1.14 bits per heavy atom. The van der Waals surface area contributed by atoms with E-state index in [-0.39, 0.29) is 11.8 Å². The number of rotatable bonds is 5. The van der Waals surface area contributed by atoms with Crippen LogP contribution in [0.2, 0.25) is 0 Å². The van der Waals surface area contributed by atoms with E-state index in [9.17, 15) is 4.79 Å². The van der Waals surface area contributed by atoms with Gasteiger partial charge in [0, 0.05) is 22.6 Å². The summed E-state index contributed by atoms with van der Waals surface area (Å²) in [6.45, 7) is 2.31. The van der Waals surface area contributed by atoms with Gasteiger partial charge in [-0.15, -0.1) is 0 Å². The Balaban J connectivity index is 1.32. The van der Waals surface area contributed by atoms with E-state index >= 15 is 0 Å². The van der Waals surface area contributed by atoms with E-state index in [2.05, 4.69) is 36.3 Å². The van der Waals surface area contributed by atoms with Gasteiger partial charge in [0.15, 0.2) is 0 Å². The first-order valence-corrected chi connectivity index (χ1v) is 11.1. The molecule has 1 aromatic carbocycles. The van der Waals surface area contributed by atoms with Crippen LogP contribution in [0.1, 0.15) is 50.8 Å². The lowest BCUT2D eigenvalue weighted by molar-refractivity contribution is -0.127. The molecule has 1 N–H and O–H groups in total. The Morgan fingerprint density at radius 2 is 1.93 bits per heavy atom. The molecule has 28 heavy (non-hydrogen) atoms. The Bertz CT molecular complexity index is 786. The second-order valence-corrected chi connectivity index (χ2v) is 8.85. The van der Waals surface area contributed by atoms with E-state index < -0.39 is 0 Å². The summed E-state index contributed by atoms with van der Waals surface area (Å²) in [5, 5.41) is 7.39. The standard InChI is InChI=1S/C21H27BrN4O2/c22-17-10-8-15(9-11-17)20-24-19(28-25-20)14-26-12-4-5-16(13-26)21(27)23-18-6-2-1-3-7-18/h8-11,16,18H,1-7,12-14H2,(H,23,27). The molecule has 2 fully saturated rings. The number of halogens is 1. The number of likely N-dealkylation sites (tertiary alicyclic amines) is 1. The number of nitrogens with one attached hydrogen (secondary N) is 1. The second-order valence-electron chi connectivity index (χ2n) is 7.94. The van der Waals surface area contributed by atoms with E-state index in [1.165, 1.54) is 19.3 Å². The van der Waals surface area contributed by atoms with Gasteiger partial charge in [-0.1, -0.05) is 40.3 Å². The molecule has 2 aromatic rings. The highest BCUT2D eigenvalue weighted by Gasteiger charge is 2.28. The van der Waals surface area contributed by atoms with Crippen LogP contribution >= 0.6 is 15.9 Å². The summed E-state index contributed by atoms with van der Waals surface area (Å²) in [5.74, 6) is 1.49. The normalized spacial score (nSPS) is 21.5. The van der Waals surface area contributed by atoms with Gasteiger partial charge in [0.1, 0.15) is 0 Å². The first-order chi connectivity index (χ1) is 13.7. The average molecular weight is 447 g/mol. The van der Waals surface area contributed by atoms with Crippen LogP contribution in [-0.2, 0) is 11.3 Å². The maximum atomic E-state index is 12.7. The minimum Gasteiger partial charge on any atom is -0.353 e. The maximum Gasteiger partial charge on any atom is 0.241 e. The molecule has 150 valence electrons. The summed E-state index contributed by atoms with van der Waals surface area (Å²) in [5.41, 5.74) is 0.932. The number of hydrogen-bond acceptors (Lipinski definition) is 5. The molecule has 1 saturated heterocycles. The van der Waals surface area contributed by atoms with Gasteiger partial charge in [-0.25, -0.2) is 0 Å². The van der Waals surface area contributed by atoms with Crippen molar-refractivity contribution in [2.45, 2.75) is 57.5 Å². The van der Waals surface area contributed by atoms with Gasteiger partial charge in [0.05, 0.1) is 12.5 Å². The van der Waals surface area contributed by atoms with Crippen LogP contribution in [0, 0.1) is 5.92 Å². The van der Waals surface area contributed by atoms with Crippen LogP contribution in [0.5, 0.6) is 0 Å². The molecule has 1 saturated carbocycles. The summed E-state index contributed by atoms with van der Waals surface area (Å²) < 4.78 is 6.47. The molecule has 1 atom stereocenters. The molecule has 0 bridgehead atoms. The van der Waals surface area contributed by atoms with Crippen molar-refractivity contribution in [3.63, 3.8) is 0 Å². The number of amides is 1. The zero-order valence-electron chi connectivity index (χ0n) is 16.1. The molecule has 2 aliphatic rings. The molecule has 0 spiro atoms. The fourth-order valence-corrected chi connectivity index (χ4v) is 4.47. The third-order valence-corrected chi connectivity index (χ3v) is 6.29. The number of carbonyl (C=O) groups is 1. The first kappa shape index (κ1) is 19.6. The molecule has 1 aromatic heterocycles. The van der Waals surface area contributed by atoms with Gasteiger partial charge in [-0.3, -0.25) is 9.69 Å². The largest absolute Gasteiger partial charge is 0.353 e. The lowest BCUT2D eigenvalue weighted by atomic mass is 9.93. The number of benzene rings is 1. The fourth-order valence-electron chi connectivity index (χ4n) is 4.21. The average Bonchev–Trinajstić information content (AvgIpc) is 3.18. The van der Waals surface area contributed by atoms with Crippen LogP contribution < -0.4 is 5.32 Å². The van der Waals surface area contributed by atoms with Crippen molar-refractivity contribution < 1.29 is 9.32 Å². The van der Waals surface area contributed by atoms with Crippen molar-refractivity contribution in [1.82, 2.24) is 20.4 Å². The van der Waals surface area contributed by atoms with E-state index in [4.69, 9.17) is 4.52 Å². The molecule has 6 nitrogen and oxygen atoms in total. The highest BCUT2D eigenvalue weighted by molar-refractivity contribution is 9.10. The van der Waals surface area contributed by atoms with Crippen molar-refractivity contribution in [2.75, 3.05) is 13.1 Å². The smallest absolute Gasteiger partial charge is 0.241 e. The molecule has 4 rings (SSSR count). The zero-order chi connectivity index (χ0) is 19.3. The highest BCUT2D eigenvalue weighted by atomic mass is 79.9. The third-order valence-electron chi connectivity index (χ3n) is 5.76. The number of carbonyl (C=O) groups excluding carboxylic acids is 1. The van der Waals surface area contributed by atoms with Crippen molar-refractivity contribution in [3.05, 3.63) is 34.6 Å². The lowest BCUT2D eigenvalue weighted by Gasteiger charge is -2.32. The molecule has 7 heteroatoms. The van der Waals surface area contributed by atoms with Crippen LogP contribution in [0.3, 0.4) is 0 Å². The number of nitrogens with zero attached hydrogens (tertiary/aromatic N) is 3. The summed E-state index contributed by atoms with van der Waals surface area (Å²) in [6, 6.07) is 8.23. The molecule has 0 radical (unpaired) electrons. The van der Waals surface area contributed by atoms with Crippen LogP contribution in [-0.4, -0.2) is 40.1 Å². The minimum atomic E-state index is 0.0598. The molecule has 1 aliphatic heterocycles. The fraction of sp³-hybridized carbons (Fsp3) is 0.571. The highest BCUT2D eigenvalue weighted by Crippen LogP contribution is 2.23. The Morgan fingerprint density at radius 3 is 2.71 bits per heavy atom. The molecule has 1 amide bonds. The van der Waals surface area contributed by atoms with Gasteiger partial charge >= 0.3 is 0 Å². The SMILES string of the molecule is O=C(NC1CCCCC1)C1CCCN(Cc2nc(-c3ccc(Br)cc3)no2)C1. The summed E-state index contributed by atoms with van der Waals surface area (Å²) >= 11 is 3.43. The number of aromatic nitrogens is 2. The minimum absolute atomic E-state index is 0.0598. The van der Waals surface area contributed by atoms with Crippen LogP contribution in [0.25, 0.3) is 11.4 Å². The van der Waals surface area contributed by atoms with Gasteiger partial charge in [-0.05, 0) is 56.5 Å². The Hall–Kier alpha value is -1.73. The molecular weight excluding hydrogens is 420 g/mol. The van der Waals surface area contributed by atoms with Crippen molar-refractivity contribution in [2.24, 2.45) is 5.92 Å². The number of piperidine rings is 1. The van der Waals surface area contributed by atoms with Crippen molar-refractivity contribution in [1.29, 1.82) is 0 Å². The topological polar surface area (TPSA) is 71.3 Å². The van der Waals surface area contributed by atoms with Crippen LogP contribution in [0.15, 0.2) is 33.3 Å². The molecular formula is C21H27BrN4O2. The van der Waals surface area contributed by atoms with E-state index in [1.807, 2.05) is 24.3 Å². The molecule has 2 heterocycles. The predicted molar refractivity (Wildman–Crippen MR) is 110 cm³/mol. The van der Waals surface area contributed by atoms with Gasteiger partial charge in [0.2, 0.25) is 17.6 Å². The Kier molecular flexibility index (Phi) is 6.42. The quantitative estimate of drug-likeness (QED) is 0.746. The summed E-state index contributed by atoms with van der Waals surface area (Å²) in [6.07, 6.45) is 8.01. The molecule has 1 unspecified atom stereocenters. The summed E-state index contributed by atoms with van der Waals surface area (Å²) in [7, 11) is 0. The number of hydrogen-bond donors (Lipinski definition) is 1. The monoisotopic (exact) mass is 446 g/mol. The lowest BCUT2D eigenvalue weighted by Crippen LogP contribution is -2.46. The predicted octanol–water partition coefficient (Wildman–Crippen LogP) is 4.16. The second kappa shape index (κ2) is 9.18. The van der Waals surface area contributed by atoms with Gasteiger partial charge in [-0.2, -0.15) is 4.98 Å². The van der Waals surface area contributed by atoms with Gasteiger partial charge in [0.25, 0.3) is 0 Å². The first-order valence-electron chi connectivity index (χ1n) is 10.3. The van der Waals surface area contributed by atoms with Gasteiger partial charge < -0.3 is 9.84 Å². The summed E-state index contributed by atoms with van der Waals surface area (Å²) in [4.78, 5) is 19.5. The third kappa shape index (κ3) is 5.00. The van der Waals surface area contributed by atoms with Crippen molar-refractivity contribution >= 4 is 21.8 Å². The van der Waals surface area contributed by atoms with E-state index in [0.29, 0.717) is 24.3 Å². The van der Waals surface area contributed by atoms with Crippen molar-refractivity contribution in [3.8, 4) is 11.4 Å². The van der Waals surface area contributed by atoms with Crippen LogP contribution in [0.4, 0.5) is 0 Å².